The van der Waals surface area contributed by atoms with Gasteiger partial charge in [-0.3, -0.25) is 0 Å². The Morgan fingerprint density at radius 3 is 2.93 bits per heavy atom. The van der Waals surface area contributed by atoms with Crippen LogP contribution in [0.1, 0.15) is 23.4 Å². The van der Waals surface area contributed by atoms with Crippen LogP contribution in [-0.2, 0) is 5.75 Å². The van der Waals surface area contributed by atoms with E-state index in [4.69, 9.17) is 17.0 Å². The molecule has 6 nitrogen and oxygen atoms in total. The van der Waals surface area contributed by atoms with E-state index in [-0.39, 0.29) is 4.77 Å². The summed E-state index contributed by atoms with van der Waals surface area (Å²) in [5.74, 6) is 0.828. The number of hydrogen-bond donors (Lipinski definition) is 1. The van der Waals surface area contributed by atoms with Crippen molar-refractivity contribution in [1.82, 2.24) is 19.9 Å². The summed E-state index contributed by atoms with van der Waals surface area (Å²) in [5, 5.41) is 10.7. The van der Waals surface area contributed by atoms with Crippen LogP contribution in [0.2, 0.25) is 0 Å². The van der Waals surface area contributed by atoms with Crippen molar-refractivity contribution in [3.8, 4) is 5.75 Å². The minimum absolute atomic E-state index is 0.000919. The van der Waals surface area contributed by atoms with Gasteiger partial charge in [0.1, 0.15) is 5.75 Å². The average molecular weight is 407 g/mol. The number of methoxy groups -OCH3 is 1. The topological polar surface area (TPSA) is 68.1 Å². The Hall–Kier alpha value is -2.59. The highest BCUT2D eigenvalue weighted by atomic mass is 32.2. The summed E-state index contributed by atoms with van der Waals surface area (Å²) in [6, 6.07) is 11.2. The second kappa shape index (κ2) is 8.87. The quantitative estimate of drug-likeness (QED) is 0.356. The number of halogens is 2. The highest BCUT2D eigenvalue weighted by Crippen LogP contribution is 2.27. The van der Waals surface area contributed by atoms with Crippen LogP contribution >= 0.6 is 24.0 Å². The molecule has 0 saturated carbocycles. The molecule has 3 rings (SSSR count). The summed E-state index contributed by atoms with van der Waals surface area (Å²) in [7, 11) is 1.59. The number of pyridine rings is 1. The molecule has 0 unspecified atom stereocenters. The fourth-order valence-electron chi connectivity index (χ4n) is 2.26. The molecule has 0 aliphatic heterocycles. The monoisotopic (exact) mass is 407 g/mol. The Balaban J connectivity index is 1.83. The molecule has 0 amide bonds. The first-order valence-corrected chi connectivity index (χ1v) is 9.18. The van der Waals surface area contributed by atoms with E-state index in [0.717, 1.165) is 26.6 Å². The maximum absolute atomic E-state index is 12.9. The fraction of sp³-hybridized carbons (Fsp3) is 0.176. The lowest BCUT2D eigenvalue weighted by Crippen LogP contribution is -2.00. The second-order valence-electron chi connectivity index (χ2n) is 5.27. The zero-order valence-electron chi connectivity index (χ0n) is 14.2. The maximum Gasteiger partial charge on any atom is 0.299 e. The van der Waals surface area contributed by atoms with E-state index in [1.165, 1.54) is 6.21 Å². The van der Waals surface area contributed by atoms with Crippen molar-refractivity contribution in [3.63, 3.8) is 0 Å². The van der Waals surface area contributed by atoms with Gasteiger partial charge in [0, 0.05) is 17.5 Å². The van der Waals surface area contributed by atoms with Crippen molar-refractivity contribution in [2.24, 2.45) is 5.10 Å². The van der Waals surface area contributed by atoms with E-state index in [1.54, 1.807) is 37.2 Å². The molecular weight excluding hydrogens is 392 g/mol. The van der Waals surface area contributed by atoms with Crippen LogP contribution in [0.5, 0.6) is 5.75 Å². The van der Waals surface area contributed by atoms with Crippen LogP contribution in [0, 0.1) is 4.77 Å². The van der Waals surface area contributed by atoms with Crippen LogP contribution in [0.4, 0.5) is 8.78 Å². The van der Waals surface area contributed by atoms with Gasteiger partial charge in [-0.25, -0.2) is 18.9 Å². The predicted molar refractivity (Wildman–Crippen MR) is 102 cm³/mol. The minimum Gasteiger partial charge on any atom is -0.496 e. The standard InChI is InChI=1S/C17H15F2N5OS2/c1-25-13-6-5-11(8-12(13)10-27-14-4-2-3-7-20-14)9-21-24-16(15(18)19)22-23-17(24)26/h2-9,15H,10H2,1H3,(H,23,26)/b21-9+. The molecular formula is C17H15F2N5OS2. The van der Waals surface area contributed by atoms with Crippen LogP contribution in [0.3, 0.4) is 0 Å². The van der Waals surface area contributed by atoms with Crippen molar-refractivity contribution in [3.05, 3.63) is 64.3 Å². The normalized spacial score (nSPS) is 11.4. The predicted octanol–water partition coefficient (Wildman–Crippen LogP) is 4.46. The molecule has 0 radical (unpaired) electrons. The number of alkyl halides is 2. The summed E-state index contributed by atoms with van der Waals surface area (Å²) in [5.41, 5.74) is 1.65. The van der Waals surface area contributed by atoms with E-state index in [1.807, 2.05) is 24.3 Å². The van der Waals surface area contributed by atoms with Crippen molar-refractivity contribution in [2.45, 2.75) is 17.2 Å². The average Bonchev–Trinajstić information content (AvgIpc) is 3.06. The third-order valence-electron chi connectivity index (χ3n) is 3.51. The maximum atomic E-state index is 12.9. The molecule has 0 atom stereocenters. The lowest BCUT2D eigenvalue weighted by atomic mass is 10.1. The number of rotatable bonds is 7. The summed E-state index contributed by atoms with van der Waals surface area (Å²) >= 11 is 6.50. The second-order valence-corrected chi connectivity index (χ2v) is 6.65. The van der Waals surface area contributed by atoms with Crippen LogP contribution in [0.15, 0.2) is 52.7 Å². The van der Waals surface area contributed by atoms with Crippen LogP contribution in [-0.4, -0.2) is 33.2 Å². The fourth-order valence-corrected chi connectivity index (χ4v) is 3.28. The van der Waals surface area contributed by atoms with Crippen LogP contribution < -0.4 is 4.74 Å². The van der Waals surface area contributed by atoms with Crippen molar-refractivity contribution < 1.29 is 13.5 Å². The van der Waals surface area contributed by atoms with Crippen LogP contribution in [0.25, 0.3) is 0 Å². The largest absolute Gasteiger partial charge is 0.496 e. The number of benzene rings is 1. The number of aromatic amines is 1. The van der Waals surface area contributed by atoms with Crippen molar-refractivity contribution >= 4 is 30.2 Å². The Labute approximate surface area is 163 Å². The van der Waals surface area contributed by atoms with E-state index in [9.17, 15) is 8.78 Å². The Morgan fingerprint density at radius 1 is 1.37 bits per heavy atom. The summed E-state index contributed by atoms with van der Waals surface area (Å²) in [6.45, 7) is 0. The zero-order chi connectivity index (χ0) is 19.2. The number of aromatic nitrogens is 4. The smallest absolute Gasteiger partial charge is 0.299 e. The van der Waals surface area contributed by atoms with Gasteiger partial charge in [-0.1, -0.05) is 6.07 Å². The molecule has 0 aliphatic carbocycles. The highest BCUT2D eigenvalue weighted by Gasteiger charge is 2.16. The summed E-state index contributed by atoms with van der Waals surface area (Å²) in [4.78, 5) is 4.28. The molecule has 10 heteroatoms. The Morgan fingerprint density at radius 2 is 2.22 bits per heavy atom. The molecule has 1 aromatic carbocycles. The molecule has 27 heavy (non-hydrogen) atoms. The summed E-state index contributed by atoms with van der Waals surface area (Å²) in [6.07, 6.45) is 0.403. The molecule has 0 fully saturated rings. The third-order valence-corrected chi connectivity index (χ3v) is 4.77. The molecule has 2 heterocycles. The molecule has 3 aromatic rings. The van der Waals surface area contributed by atoms with Gasteiger partial charge in [-0.2, -0.15) is 14.9 Å². The zero-order valence-corrected chi connectivity index (χ0v) is 15.8. The first-order valence-electron chi connectivity index (χ1n) is 7.79. The van der Waals surface area contributed by atoms with Gasteiger partial charge in [0.25, 0.3) is 6.43 Å². The van der Waals surface area contributed by atoms with Crippen molar-refractivity contribution in [1.29, 1.82) is 0 Å². The number of hydrogen-bond acceptors (Lipinski definition) is 6. The summed E-state index contributed by atoms with van der Waals surface area (Å²) < 4.78 is 32.2. The number of thioether (sulfide) groups is 1. The van der Waals surface area contributed by atoms with E-state index in [0.29, 0.717) is 5.75 Å². The number of nitrogens with zero attached hydrogens (tertiary/aromatic N) is 4. The lowest BCUT2D eigenvalue weighted by Gasteiger charge is -2.09. The van der Waals surface area contributed by atoms with Gasteiger partial charge in [-0.05, 0) is 48.1 Å². The van der Waals surface area contributed by atoms with Gasteiger partial charge in [0.15, 0.2) is 0 Å². The van der Waals surface area contributed by atoms with Crippen molar-refractivity contribution in [2.75, 3.05) is 7.11 Å². The number of nitrogens with one attached hydrogen (secondary N) is 1. The van der Waals surface area contributed by atoms with Gasteiger partial charge in [-0.15, -0.1) is 11.8 Å². The lowest BCUT2D eigenvalue weighted by molar-refractivity contribution is 0.136. The van der Waals surface area contributed by atoms with E-state index >= 15 is 0 Å². The van der Waals surface area contributed by atoms with Gasteiger partial charge < -0.3 is 4.74 Å². The van der Waals surface area contributed by atoms with E-state index in [2.05, 4.69) is 20.3 Å². The molecule has 1 N–H and O–H groups in total. The van der Waals surface area contributed by atoms with Gasteiger partial charge in [0.05, 0.1) is 18.4 Å². The molecule has 0 aliphatic rings. The van der Waals surface area contributed by atoms with E-state index < -0.39 is 12.2 Å². The number of ether oxygens (including phenoxy) is 1. The Bertz CT molecular complexity index is 988. The number of H-pyrrole nitrogens is 1. The minimum atomic E-state index is -2.78. The first kappa shape index (κ1) is 19.2. The highest BCUT2D eigenvalue weighted by molar-refractivity contribution is 7.98. The molecule has 0 bridgehead atoms. The first-order chi connectivity index (χ1) is 13.1. The van der Waals surface area contributed by atoms with Gasteiger partial charge >= 0.3 is 0 Å². The molecule has 0 spiro atoms. The van der Waals surface area contributed by atoms with Gasteiger partial charge in [0.2, 0.25) is 10.6 Å². The molecule has 0 saturated heterocycles. The third kappa shape index (κ3) is 4.77. The SMILES string of the molecule is COc1ccc(/C=N/n2c(C(F)F)n[nH]c2=S)cc1CSc1ccccn1. The Kier molecular flexibility index (Phi) is 6.30. The molecule has 140 valence electrons. The molecule has 2 aromatic heterocycles.